The van der Waals surface area contributed by atoms with Crippen molar-refractivity contribution in [2.75, 3.05) is 0 Å². The summed E-state index contributed by atoms with van der Waals surface area (Å²) in [6, 6.07) is 35.3. The van der Waals surface area contributed by atoms with Crippen LogP contribution in [0.5, 0.6) is 0 Å². The highest BCUT2D eigenvalue weighted by atomic mass is 16.3. The van der Waals surface area contributed by atoms with Gasteiger partial charge < -0.3 is 8.98 Å². The number of furan rings is 1. The monoisotopic (exact) mass is 507 g/mol. The Morgan fingerprint density at radius 1 is 0.615 bits per heavy atom. The number of benzene rings is 5. The van der Waals surface area contributed by atoms with E-state index in [-0.39, 0.29) is 0 Å². The Kier molecular flexibility index (Phi) is 5.77. The van der Waals surface area contributed by atoms with Gasteiger partial charge in [-0.3, -0.25) is 0 Å². The van der Waals surface area contributed by atoms with Gasteiger partial charge >= 0.3 is 0 Å². The molecule has 0 unspecified atom stereocenters. The summed E-state index contributed by atoms with van der Waals surface area (Å²) in [5.41, 5.74) is 12.2. The molecule has 0 radical (unpaired) electrons. The maximum absolute atomic E-state index is 6.78. The SMILES string of the molecule is CCCc1cccc(-c2cc3oc4c(-n5c6ccccc6c6ccccc65)cccc4c3cc2C)c1CCC. The zero-order valence-electron chi connectivity index (χ0n) is 22.9. The van der Waals surface area contributed by atoms with Crippen molar-refractivity contribution < 1.29 is 4.42 Å². The predicted molar refractivity (Wildman–Crippen MR) is 166 cm³/mol. The minimum atomic E-state index is 0.934. The van der Waals surface area contributed by atoms with E-state index in [0.717, 1.165) is 47.9 Å². The van der Waals surface area contributed by atoms with E-state index >= 15 is 0 Å². The fourth-order valence-electron chi connectivity index (χ4n) is 6.52. The number of aromatic nitrogens is 1. The van der Waals surface area contributed by atoms with Gasteiger partial charge in [0.25, 0.3) is 0 Å². The summed E-state index contributed by atoms with van der Waals surface area (Å²) in [6.07, 6.45) is 4.52. The number of hydrogen-bond donors (Lipinski definition) is 0. The van der Waals surface area contributed by atoms with Crippen molar-refractivity contribution in [1.29, 1.82) is 0 Å². The third kappa shape index (κ3) is 3.70. The minimum absolute atomic E-state index is 0.934. The molecule has 0 fully saturated rings. The average Bonchev–Trinajstić information content (AvgIpc) is 3.49. The second-order valence-electron chi connectivity index (χ2n) is 10.7. The maximum atomic E-state index is 6.78. The average molecular weight is 508 g/mol. The second kappa shape index (κ2) is 9.47. The lowest BCUT2D eigenvalue weighted by molar-refractivity contribution is 0.666. The molecule has 2 nitrogen and oxygen atoms in total. The Morgan fingerprint density at radius 2 is 1.28 bits per heavy atom. The van der Waals surface area contributed by atoms with Crippen LogP contribution in [0.3, 0.4) is 0 Å². The van der Waals surface area contributed by atoms with E-state index < -0.39 is 0 Å². The first kappa shape index (κ1) is 23.8. The van der Waals surface area contributed by atoms with Gasteiger partial charge in [0.15, 0.2) is 5.58 Å². The summed E-state index contributed by atoms with van der Waals surface area (Å²) < 4.78 is 9.14. The Morgan fingerprint density at radius 3 is 2.00 bits per heavy atom. The van der Waals surface area contributed by atoms with E-state index in [2.05, 4.69) is 122 Å². The molecule has 0 atom stereocenters. The predicted octanol–water partition coefficient (Wildman–Crippen LogP) is 10.6. The van der Waals surface area contributed by atoms with Crippen LogP contribution in [0.25, 0.3) is 60.6 Å². The molecular weight excluding hydrogens is 474 g/mol. The number of nitrogens with zero attached hydrogens (tertiary/aromatic N) is 1. The normalized spacial score (nSPS) is 11.9. The summed E-state index contributed by atoms with van der Waals surface area (Å²) >= 11 is 0. The van der Waals surface area contributed by atoms with Gasteiger partial charge in [0.2, 0.25) is 0 Å². The summed E-state index contributed by atoms with van der Waals surface area (Å²) in [4.78, 5) is 0. The van der Waals surface area contributed by atoms with Gasteiger partial charge in [-0.05, 0) is 77.9 Å². The van der Waals surface area contributed by atoms with Gasteiger partial charge in [-0.2, -0.15) is 0 Å². The molecule has 0 aliphatic carbocycles. The maximum Gasteiger partial charge on any atom is 0.159 e. The molecule has 192 valence electrons. The van der Waals surface area contributed by atoms with E-state index in [1.54, 1.807) is 0 Å². The van der Waals surface area contributed by atoms with Gasteiger partial charge in [0.05, 0.1) is 16.7 Å². The van der Waals surface area contributed by atoms with Crippen molar-refractivity contribution in [3.63, 3.8) is 0 Å². The lowest BCUT2D eigenvalue weighted by Gasteiger charge is -2.16. The summed E-state index contributed by atoms with van der Waals surface area (Å²) in [7, 11) is 0. The second-order valence-corrected chi connectivity index (χ2v) is 10.7. The van der Waals surface area contributed by atoms with Gasteiger partial charge in [-0.25, -0.2) is 0 Å². The van der Waals surface area contributed by atoms with Gasteiger partial charge in [-0.1, -0.05) is 93.4 Å². The summed E-state index contributed by atoms with van der Waals surface area (Å²) in [5, 5.41) is 4.85. The number of hydrogen-bond acceptors (Lipinski definition) is 1. The molecule has 0 aliphatic rings. The van der Waals surface area contributed by atoms with Crippen LogP contribution in [0.4, 0.5) is 0 Å². The largest absolute Gasteiger partial charge is 0.454 e. The Balaban J connectivity index is 1.49. The first-order valence-electron chi connectivity index (χ1n) is 14.2. The molecule has 0 bridgehead atoms. The Labute approximate surface area is 229 Å². The molecule has 0 N–H and O–H groups in total. The standard InChI is InChI=1S/C37H33NO/c1-4-12-25-14-10-17-27(26(25)13-5-2)31-23-36-32(22-24(31)3)30-18-11-21-35(37(30)39-36)38-33-19-8-6-15-28(33)29-16-7-9-20-34(29)38/h6-11,14-23H,4-5,12-13H2,1-3H3. The topological polar surface area (TPSA) is 18.1 Å². The van der Waals surface area contributed by atoms with Crippen LogP contribution >= 0.6 is 0 Å². The van der Waals surface area contributed by atoms with E-state index in [0.29, 0.717) is 0 Å². The number of fused-ring (bicyclic) bond motifs is 6. The molecule has 0 aliphatic heterocycles. The lowest BCUT2D eigenvalue weighted by atomic mass is 9.88. The van der Waals surface area contributed by atoms with E-state index in [9.17, 15) is 0 Å². The molecule has 0 saturated carbocycles. The number of aryl methyl sites for hydroxylation is 2. The van der Waals surface area contributed by atoms with Crippen molar-refractivity contribution >= 4 is 43.7 Å². The van der Waals surface area contributed by atoms with Gasteiger partial charge in [0.1, 0.15) is 5.58 Å². The highest BCUT2D eigenvalue weighted by Gasteiger charge is 2.19. The molecule has 39 heavy (non-hydrogen) atoms. The van der Waals surface area contributed by atoms with Crippen LogP contribution in [0, 0.1) is 6.92 Å². The number of rotatable bonds is 6. The summed E-state index contributed by atoms with van der Waals surface area (Å²) in [5.74, 6) is 0. The lowest BCUT2D eigenvalue weighted by Crippen LogP contribution is -1.98. The van der Waals surface area contributed by atoms with Crippen molar-refractivity contribution in [1.82, 2.24) is 4.57 Å². The van der Waals surface area contributed by atoms with Crippen molar-refractivity contribution in [2.24, 2.45) is 0 Å². The minimum Gasteiger partial charge on any atom is -0.454 e. The zero-order chi connectivity index (χ0) is 26.5. The first-order chi connectivity index (χ1) is 19.2. The first-order valence-corrected chi connectivity index (χ1v) is 14.2. The Hall–Kier alpha value is -4.30. The van der Waals surface area contributed by atoms with Crippen molar-refractivity contribution in [2.45, 2.75) is 46.5 Å². The quantitative estimate of drug-likeness (QED) is 0.219. The Bertz CT molecular complexity index is 1950. The van der Waals surface area contributed by atoms with Crippen LogP contribution < -0.4 is 0 Å². The van der Waals surface area contributed by atoms with Crippen LogP contribution in [0.2, 0.25) is 0 Å². The molecule has 7 rings (SSSR count). The fraction of sp³-hybridized carbons (Fsp3) is 0.189. The van der Waals surface area contributed by atoms with E-state index in [1.807, 2.05) is 0 Å². The molecule has 2 heterocycles. The fourth-order valence-corrected chi connectivity index (χ4v) is 6.52. The van der Waals surface area contributed by atoms with Crippen LogP contribution in [0.15, 0.2) is 101 Å². The number of para-hydroxylation sites is 3. The molecule has 5 aromatic carbocycles. The third-order valence-electron chi connectivity index (χ3n) is 8.23. The van der Waals surface area contributed by atoms with Crippen LogP contribution in [0.1, 0.15) is 43.4 Å². The summed E-state index contributed by atoms with van der Waals surface area (Å²) in [6.45, 7) is 6.79. The smallest absolute Gasteiger partial charge is 0.159 e. The molecule has 0 amide bonds. The van der Waals surface area contributed by atoms with Crippen molar-refractivity contribution in [3.05, 3.63) is 114 Å². The highest BCUT2D eigenvalue weighted by molar-refractivity contribution is 6.13. The molecule has 0 saturated heterocycles. The van der Waals surface area contributed by atoms with Gasteiger partial charge in [-0.15, -0.1) is 0 Å². The van der Waals surface area contributed by atoms with E-state index in [4.69, 9.17) is 4.42 Å². The zero-order valence-corrected chi connectivity index (χ0v) is 22.9. The molecule has 2 heteroatoms. The van der Waals surface area contributed by atoms with Crippen LogP contribution in [-0.4, -0.2) is 4.57 Å². The van der Waals surface area contributed by atoms with Gasteiger partial charge in [0, 0.05) is 21.5 Å². The van der Waals surface area contributed by atoms with Crippen molar-refractivity contribution in [3.8, 4) is 16.8 Å². The van der Waals surface area contributed by atoms with E-state index in [1.165, 1.54) is 55.0 Å². The molecule has 7 aromatic rings. The molecule has 2 aromatic heterocycles. The van der Waals surface area contributed by atoms with Crippen LogP contribution in [-0.2, 0) is 12.8 Å². The highest BCUT2D eigenvalue weighted by Crippen LogP contribution is 2.40. The molecule has 0 spiro atoms. The molecular formula is C37H33NO. The third-order valence-corrected chi connectivity index (χ3v) is 8.23.